The number of fused-ring (bicyclic) bond motifs is 1. The number of carbonyl (C=O) groups is 1. The number of aryl methyl sites for hydroxylation is 2. The maximum absolute atomic E-state index is 12.4. The SMILES string of the molecule is Cc1cc2ccccc2n1CCCNC(=O)c1ccc(-n2cccc2)cc1. The lowest BCUT2D eigenvalue weighted by Gasteiger charge is -2.10. The summed E-state index contributed by atoms with van der Waals surface area (Å²) in [7, 11) is 0. The summed E-state index contributed by atoms with van der Waals surface area (Å²) in [6.45, 7) is 3.68. The lowest BCUT2D eigenvalue weighted by molar-refractivity contribution is 0.0953. The van der Waals surface area contributed by atoms with Gasteiger partial charge in [0.15, 0.2) is 0 Å². The predicted octanol–water partition coefficient (Wildman–Crippen LogP) is 4.56. The van der Waals surface area contributed by atoms with Crippen molar-refractivity contribution in [3.05, 3.63) is 90.4 Å². The Morgan fingerprint density at radius 3 is 2.48 bits per heavy atom. The Kier molecular flexibility index (Phi) is 4.79. The van der Waals surface area contributed by atoms with Crippen LogP contribution in [0.25, 0.3) is 16.6 Å². The molecule has 0 aliphatic rings. The molecule has 0 fully saturated rings. The van der Waals surface area contributed by atoms with Gasteiger partial charge in [0.25, 0.3) is 5.91 Å². The fraction of sp³-hybridized carbons (Fsp3) is 0.174. The molecule has 0 saturated heterocycles. The van der Waals surface area contributed by atoms with E-state index in [0.29, 0.717) is 12.1 Å². The van der Waals surface area contributed by atoms with Gasteiger partial charge in [-0.15, -0.1) is 0 Å². The van der Waals surface area contributed by atoms with E-state index in [1.807, 2.05) is 53.4 Å². The summed E-state index contributed by atoms with van der Waals surface area (Å²) < 4.78 is 4.33. The first-order chi connectivity index (χ1) is 13.2. The van der Waals surface area contributed by atoms with E-state index >= 15 is 0 Å². The van der Waals surface area contributed by atoms with Gasteiger partial charge in [0, 0.05) is 47.9 Å². The van der Waals surface area contributed by atoms with E-state index in [9.17, 15) is 4.79 Å². The molecule has 0 aliphatic carbocycles. The third kappa shape index (κ3) is 3.65. The number of rotatable bonds is 6. The van der Waals surface area contributed by atoms with Gasteiger partial charge in [0.1, 0.15) is 0 Å². The van der Waals surface area contributed by atoms with Crippen molar-refractivity contribution in [1.82, 2.24) is 14.5 Å². The molecule has 1 N–H and O–H groups in total. The van der Waals surface area contributed by atoms with Crippen LogP contribution >= 0.6 is 0 Å². The zero-order valence-corrected chi connectivity index (χ0v) is 15.4. The van der Waals surface area contributed by atoms with Crippen molar-refractivity contribution in [2.24, 2.45) is 0 Å². The molecule has 4 heteroatoms. The van der Waals surface area contributed by atoms with Gasteiger partial charge in [-0.05, 0) is 67.3 Å². The fourth-order valence-electron chi connectivity index (χ4n) is 3.48. The van der Waals surface area contributed by atoms with E-state index in [4.69, 9.17) is 0 Å². The molecular formula is C23H23N3O. The summed E-state index contributed by atoms with van der Waals surface area (Å²) in [4.78, 5) is 12.4. The molecule has 1 amide bonds. The van der Waals surface area contributed by atoms with Gasteiger partial charge in [-0.3, -0.25) is 4.79 Å². The minimum absolute atomic E-state index is 0.0249. The van der Waals surface area contributed by atoms with Crippen molar-refractivity contribution in [2.75, 3.05) is 6.54 Å². The van der Waals surface area contributed by atoms with Crippen LogP contribution in [0.5, 0.6) is 0 Å². The van der Waals surface area contributed by atoms with Crippen molar-refractivity contribution in [3.8, 4) is 5.69 Å². The zero-order chi connectivity index (χ0) is 18.6. The molecule has 0 saturated carbocycles. The third-order valence-electron chi connectivity index (χ3n) is 4.89. The van der Waals surface area contributed by atoms with Crippen molar-refractivity contribution >= 4 is 16.8 Å². The number of benzene rings is 2. The van der Waals surface area contributed by atoms with Gasteiger partial charge in [0.2, 0.25) is 0 Å². The molecule has 0 aliphatic heterocycles. The predicted molar refractivity (Wildman–Crippen MR) is 109 cm³/mol. The molecule has 0 spiro atoms. The van der Waals surface area contributed by atoms with Crippen LogP contribution in [0.2, 0.25) is 0 Å². The van der Waals surface area contributed by atoms with Crippen molar-refractivity contribution < 1.29 is 4.79 Å². The first-order valence-electron chi connectivity index (χ1n) is 9.29. The van der Waals surface area contributed by atoms with E-state index in [1.165, 1.54) is 16.6 Å². The molecule has 4 rings (SSSR count). The lowest BCUT2D eigenvalue weighted by Crippen LogP contribution is -2.25. The molecule has 2 aromatic carbocycles. The van der Waals surface area contributed by atoms with Gasteiger partial charge < -0.3 is 14.5 Å². The Balaban J connectivity index is 1.32. The molecule has 0 atom stereocenters. The first kappa shape index (κ1) is 17.2. The van der Waals surface area contributed by atoms with Crippen LogP contribution in [0.4, 0.5) is 0 Å². The molecule has 0 bridgehead atoms. The number of hydrogen-bond donors (Lipinski definition) is 1. The standard InChI is InChI=1S/C23H23N3O/c1-18-17-20-7-2-3-8-22(20)26(18)16-6-13-24-23(27)19-9-11-21(12-10-19)25-14-4-5-15-25/h2-5,7-12,14-15,17H,6,13,16H2,1H3,(H,24,27). The smallest absolute Gasteiger partial charge is 0.251 e. The highest BCUT2D eigenvalue weighted by Gasteiger charge is 2.07. The Labute approximate surface area is 159 Å². The molecule has 4 aromatic rings. The molecule has 0 unspecified atom stereocenters. The zero-order valence-electron chi connectivity index (χ0n) is 15.4. The van der Waals surface area contributed by atoms with E-state index in [-0.39, 0.29) is 5.91 Å². The minimum atomic E-state index is -0.0249. The minimum Gasteiger partial charge on any atom is -0.352 e. The average molecular weight is 357 g/mol. The number of amides is 1. The quantitative estimate of drug-likeness (QED) is 0.505. The average Bonchev–Trinajstić information content (AvgIpc) is 3.33. The van der Waals surface area contributed by atoms with Crippen LogP contribution in [-0.4, -0.2) is 21.6 Å². The topological polar surface area (TPSA) is 39.0 Å². The van der Waals surface area contributed by atoms with Gasteiger partial charge in [-0.1, -0.05) is 18.2 Å². The molecule has 2 aromatic heterocycles. The summed E-state index contributed by atoms with van der Waals surface area (Å²) in [6.07, 6.45) is 4.87. The number of carbonyl (C=O) groups excluding carboxylic acids is 1. The highest BCUT2D eigenvalue weighted by molar-refractivity contribution is 5.94. The molecule has 27 heavy (non-hydrogen) atoms. The van der Waals surface area contributed by atoms with E-state index in [0.717, 1.165) is 18.7 Å². The van der Waals surface area contributed by atoms with E-state index in [2.05, 4.69) is 47.1 Å². The summed E-state index contributed by atoms with van der Waals surface area (Å²) in [5.41, 5.74) is 4.24. The normalized spacial score (nSPS) is 11.0. The van der Waals surface area contributed by atoms with Crippen LogP contribution in [-0.2, 0) is 6.54 Å². The van der Waals surface area contributed by atoms with Gasteiger partial charge in [-0.2, -0.15) is 0 Å². The summed E-state index contributed by atoms with van der Waals surface area (Å²) in [5, 5.41) is 4.29. The maximum atomic E-state index is 12.4. The van der Waals surface area contributed by atoms with E-state index < -0.39 is 0 Å². The Morgan fingerprint density at radius 2 is 1.70 bits per heavy atom. The van der Waals surface area contributed by atoms with Crippen LogP contribution in [0.3, 0.4) is 0 Å². The highest BCUT2D eigenvalue weighted by Crippen LogP contribution is 2.19. The van der Waals surface area contributed by atoms with Crippen molar-refractivity contribution in [2.45, 2.75) is 19.9 Å². The second-order valence-corrected chi connectivity index (χ2v) is 6.74. The monoisotopic (exact) mass is 357 g/mol. The second kappa shape index (κ2) is 7.54. The molecule has 0 radical (unpaired) electrons. The molecule has 4 nitrogen and oxygen atoms in total. The molecule has 136 valence electrons. The lowest BCUT2D eigenvalue weighted by atomic mass is 10.2. The number of nitrogens with zero attached hydrogens (tertiary/aromatic N) is 2. The summed E-state index contributed by atoms with van der Waals surface area (Å²) >= 11 is 0. The maximum Gasteiger partial charge on any atom is 0.251 e. The fourth-order valence-corrected chi connectivity index (χ4v) is 3.48. The number of para-hydroxylation sites is 1. The number of aromatic nitrogens is 2. The first-order valence-corrected chi connectivity index (χ1v) is 9.29. The van der Waals surface area contributed by atoms with Gasteiger partial charge in [0.05, 0.1) is 0 Å². The van der Waals surface area contributed by atoms with Crippen LogP contribution in [0.15, 0.2) is 79.1 Å². The van der Waals surface area contributed by atoms with Gasteiger partial charge in [-0.25, -0.2) is 0 Å². The highest BCUT2D eigenvalue weighted by atomic mass is 16.1. The summed E-state index contributed by atoms with van der Waals surface area (Å²) in [5.74, 6) is -0.0249. The Bertz CT molecular complexity index is 1040. The Hall–Kier alpha value is -3.27. The van der Waals surface area contributed by atoms with Crippen LogP contribution in [0.1, 0.15) is 22.5 Å². The molecular weight excluding hydrogens is 334 g/mol. The van der Waals surface area contributed by atoms with Crippen molar-refractivity contribution in [3.63, 3.8) is 0 Å². The Morgan fingerprint density at radius 1 is 0.963 bits per heavy atom. The van der Waals surface area contributed by atoms with Crippen LogP contribution < -0.4 is 5.32 Å². The summed E-state index contributed by atoms with van der Waals surface area (Å²) in [6, 6.07) is 22.3. The van der Waals surface area contributed by atoms with Crippen LogP contribution in [0, 0.1) is 6.92 Å². The second-order valence-electron chi connectivity index (χ2n) is 6.74. The largest absolute Gasteiger partial charge is 0.352 e. The number of hydrogen-bond acceptors (Lipinski definition) is 1. The van der Waals surface area contributed by atoms with Crippen molar-refractivity contribution in [1.29, 1.82) is 0 Å². The number of nitrogens with one attached hydrogen (secondary N) is 1. The third-order valence-corrected chi connectivity index (χ3v) is 4.89. The van der Waals surface area contributed by atoms with Gasteiger partial charge >= 0.3 is 0 Å². The van der Waals surface area contributed by atoms with E-state index in [1.54, 1.807) is 0 Å². The molecule has 2 heterocycles.